The van der Waals surface area contributed by atoms with Crippen LogP contribution in [0.1, 0.15) is 13.3 Å². The van der Waals surface area contributed by atoms with Crippen LogP contribution in [0, 0.1) is 0 Å². The predicted octanol–water partition coefficient (Wildman–Crippen LogP) is -0.283. The molecule has 0 spiro atoms. The molecule has 1 amide bonds. The Morgan fingerprint density at radius 1 is 1.59 bits per heavy atom. The standard InChI is InChI=1S/C10H16N4O3/c1-3-4-11-7(15)5-12-9-8(17-2)10(16)14-6-13-9/h6H,3-5H2,1-2H3,(H,11,15)(H2,12,13,14,16). The molecule has 1 aromatic rings. The second-order valence-corrected chi connectivity index (χ2v) is 3.32. The number of methoxy groups -OCH3 is 1. The van der Waals surface area contributed by atoms with Crippen molar-refractivity contribution in [3.8, 4) is 5.75 Å². The molecule has 7 nitrogen and oxygen atoms in total. The van der Waals surface area contributed by atoms with Gasteiger partial charge in [-0.3, -0.25) is 9.59 Å². The number of carbonyl (C=O) groups excluding carboxylic acids is 1. The van der Waals surface area contributed by atoms with E-state index in [4.69, 9.17) is 4.74 Å². The number of amides is 1. The van der Waals surface area contributed by atoms with Gasteiger partial charge in [-0.2, -0.15) is 0 Å². The molecular formula is C10H16N4O3. The largest absolute Gasteiger partial charge is 0.489 e. The van der Waals surface area contributed by atoms with Crippen molar-refractivity contribution >= 4 is 11.7 Å². The Labute approximate surface area is 98.6 Å². The molecular weight excluding hydrogens is 224 g/mol. The quantitative estimate of drug-likeness (QED) is 0.635. The third-order valence-corrected chi connectivity index (χ3v) is 2.00. The van der Waals surface area contributed by atoms with Gasteiger partial charge in [-0.1, -0.05) is 6.92 Å². The summed E-state index contributed by atoms with van der Waals surface area (Å²) in [7, 11) is 1.37. The lowest BCUT2D eigenvalue weighted by atomic mass is 10.4. The van der Waals surface area contributed by atoms with E-state index in [0.717, 1.165) is 6.42 Å². The highest BCUT2D eigenvalue weighted by Crippen LogP contribution is 2.13. The topological polar surface area (TPSA) is 96.1 Å². The summed E-state index contributed by atoms with van der Waals surface area (Å²) in [6.07, 6.45) is 2.12. The lowest BCUT2D eigenvalue weighted by molar-refractivity contribution is -0.119. The highest BCUT2D eigenvalue weighted by atomic mass is 16.5. The molecule has 0 unspecified atom stereocenters. The number of carbonyl (C=O) groups is 1. The van der Waals surface area contributed by atoms with Gasteiger partial charge in [0.25, 0.3) is 5.56 Å². The van der Waals surface area contributed by atoms with E-state index in [1.165, 1.54) is 13.4 Å². The molecule has 0 saturated heterocycles. The van der Waals surface area contributed by atoms with Crippen molar-refractivity contribution < 1.29 is 9.53 Å². The number of hydrogen-bond acceptors (Lipinski definition) is 5. The van der Waals surface area contributed by atoms with Gasteiger partial charge in [0.15, 0.2) is 5.82 Å². The number of H-pyrrole nitrogens is 1. The van der Waals surface area contributed by atoms with Crippen molar-refractivity contribution in [1.82, 2.24) is 15.3 Å². The summed E-state index contributed by atoms with van der Waals surface area (Å²) >= 11 is 0. The molecule has 0 saturated carbocycles. The fourth-order valence-electron chi connectivity index (χ4n) is 1.19. The van der Waals surface area contributed by atoms with Gasteiger partial charge in [0.05, 0.1) is 20.0 Å². The van der Waals surface area contributed by atoms with Gasteiger partial charge < -0.3 is 20.4 Å². The van der Waals surface area contributed by atoms with E-state index in [9.17, 15) is 9.59 Å². The summed E-state index contributed by atoms with van der Waals surface area (Å²) in [5.41, 5.74) is -0.390. The molecule has 1 heterocycles. The fraction of sp³-hybridized carbons (Fsp3) is 0.500. The minimum Gasteiger partial charge on any atom is -0.489 e. The molecule has 0 fully saturated rings. The summed E-state index contributed by atoms with van der Waals surface area (Å²) in [6, 6.07) is 0. The molecule has 0 radical (unpaired) electrons. The first-order valence-corrected chi connectivity index (χ1v) is 5.31. The highest BCUT2D eigenvalue weighted by molar-refractivity contribution is 5.80. The van der Waals surface area contributed by atoms with Crippen LogP contribution in [0.4, 0.5) is 5.82 Å². The van der Waals surface area contributed by atoms with Crippen LogP contribution in [-0.2, 0) is 4.79 Å². The Hall–Kier alpha value is -2.05. The molecule has 1 aromatic heterocycles. The second kappa shape index (κ2) is 6.51. The summed E-state index contributed by atoms with van der Waals surface area (Å²) in [6.45, 7) is 2.64. The maximum absolute atomic E-state index is 11.3. The van der Waals surface area contributed by atoms with Crippen LogP contribution in [0.25, 0.3) is 0 Å². The van der Waals surface area contributed by atoms with E-state index in [2.05, 4.69) is 20.6 Å². The van der Waals surface area contributed by atoms with E-state index < -0.39 is 0 Å². The van der Waals surface area contributed by atoms with E-state index in [1.807, 2.05) is 6.92 Å². The van der Waals surface area contributed by atoms with E-state index in [-0.39, 0.29) is 29.6 Å². The summed E-state index contributed by atoms with van der Waals surface area (Å²) < 4.78 is 4.89. The van der Waals surface area contributed by atoms with Crippen LogP contribution >= 0.6 is 0 Å². The van der Waals surface area contributed by atoms with Gasteiger partial charge in [-0.05, 0) is 6.42 Å². The lowest BCUT2D eigenvalue weighted by Crippen LogP contribution is -2.31. The Morgan fingerprint density at radius 2 is 2.35 bits per heavy atom. The number of ether oxygens (including phenoxy) is 1. The predicted molar refractivity (Wildman–Crippen MR) is 63.2 cm³/mol. The zero-order valence-corrected chi connectivity index (χ0v) is 9.87. The van der Waals surface area contributed by atoms with Crippen molar-refractivity contribution in [1.29, 1.82) is 0 Å². The summed E-state index contributed by atoms with van der Waals surface area (Å²) in [4.78, 5) is 28.9. The molecule has 0 atom stereocenters. The summed E-state index contributed by atoms with van der Waals surface area (Å²) in [5, 5.41) is 5.44. The zero-order valence-electron chi connectivity index (χ0n) is 9.87. The van der Waals surface area contributed by atoms with Crippen LogP contribution < -0.4 is 20.9 Å². The second-order valence-electron chi connectivity index (χ2n) is 3.32. The van der Waals surface area contributed by atoms with Crippen molar-refractivity contribution in [3.05, 3.63) is 16.7 Å². The van der Waals surface area contributed by atoms with Crippen LogP contribution in [0.3, 0.4) is 0 Å². The van der Waals surface area contributed by atoms with Crippen LogP contribution in [0.5, 0.6) is 5.75 Å². The van der Waals surface area contributed by atoms with Crippen molar-refractivity contribution in [2.75, 3.05) is 25.5 Å². The lowest BCUT2D eigenvalue weighted by Gasteiger charge is -2.08. The first kappa shape index (κ1) is 13.0. The highest BCUT2D eigenvalue weighted by Gasteiger charge is 2.09. The molecule has 94 valence electrons. The van der Waals surface area contributed by atoms with E-state index in [0.29, 0.717) is 6.54 Å². The number of aromatic nitrogens is 2. The monoisotopic (exact) mass is 240 g/mol. The molecule has 0 aliphatic rings. The van der Waals surface area contributed by atoms with E-state index in [1.54, 1.807) is 0 Å². The molecule has 7 heteroatoms. The third kappa shape index (κ3) is 3.78. The molecule has 0 bridgehead atoms. The molecule has 0 aliphatic heterocycles. The maximum atomic E-state index is 11.3. The first-order chi connectivity index (χ1) is 8.19. The number of rotatable bonds is 6. The van der Waals surface area contributed by atoms with Crippen molar-refractivity contribution in [2.45, 2.75) is 13.3 Å². The third-order valence-electron chi connectivity index (χ3n) is 2.00. The van der Waals surface area contributed by atoms with Gasteiger partial charge in [0.2, 0.25) is 11.7 Å². The first-order valence-electron chi connectivity index (χ1n) is 5.31. The fourth-order valence-corrected chi connectivity index (χ4v) is 1.19. The Balaban J connectivity index is 2.60. The zero-order chi connectivity index (χ0) is 12.7. The minimum atomic E-state index is -0.390. The minimum absolute atomic E-state index is 0.0484. The van der Waals surface area contributed by atoms with Crippen molar-refractivity contribution in [2.24, 2.45) is 0 Å². The van der Waals surface area contributed by atoms with E-state index >= 15 is 0 Å². The Morgan fingerprint density at radius 3 is 3.00 bits per heavy atom. The van der Waals surface area contributed by atoms with Crippen LogP contribution in [-0.4, -0.2) is 36.1 Å². The molecule has 1 rings (SSSR count). The molecule has 17 heavy (non-hydrogen) atoms. The van der Waals surface area contributed by atoms with Gasteiger partial charge in [-0.25, -0.2) is 4.98 Å². The normalized spacial score (nSPS) is 9.76. The average molecular weight is 240 g/mol. The smallest absolute Gasteiger partial charge is 0.295 e. The van der Waals surface area contributed by atoms with Crippen molar-refractivity contribution in [3.63, 3.8) is 0 Å². The van der Waals surface area contributed by atoms with Gasteiger partial charge >= 0.3 is 0 Å². The van der Waals surface area contributed by atoms with Gasteiger partial charge in [-0.15, -0.1) is 0 Å². The van der Waals surface area contributed by atoms with Crippen LogP contribution in [0.15, 0.2) is 11.1 Å². The number of nitrogens with one attached hydrogen (secondary N) is 3. The molecule has 3 N–H and O–H groups in total. The van der Waals surface area contributed by atoms with Crippen LogP contribution in [0.2, 0.25) is 0 Å². The average Bonchev–Trinajstić information content (AvgIpc) is 2.33. The van der Waals surface area contributed by atoms with Gasteiger partial charge in [0, 0.05) is 6.54 Å². The maximum Gasteiger partial charge on any atom is 0.295 e. The number of hydrogen-bond donors (Lipinski definition) is 3. The summed E-state index contributed by atoms with van der Waals surface area (Å²) in [5.74, 6) is 0.162. The van der Waals surface area contributed by atoms with Gasteiger partial charge in [0.1, 0.15) is 0 Å². The molecule has 0 aliphatic carbocycles. The number of aromatic amines is 1. The molecule has 0 aromatic carbocycles. The Kier molecular flexibility index (Phi) is 4.99. The number of nitrogens with zero attached hydrogens (tertiary/aromatic N) is 1. The number of anilines is 1. The SMILES string of the molecule is CCCNC(=O)CNc1nc[nH]c(=O)c1OC. The Bertz CT molecular complexity index is 430.